The fourth-order valence-electron chi connectivity index (χ4n) is 3.29. The number of hydrogen-bond acceptors (Lipinski definition) is 4. The predicted octanol–water partition coefficient (Wildman–Crippen LogP) is 3.22. The number of nitrogens with zero attached hydrogens (tertiary/aromatic N) is 1. The lowest BCUT2D eigenvalue weighted by Gasteiger charge is -2.26. The van der Waals surface area contributed by atoms with Crippen molar-refractivity contribution in [2.45, 2.75) is 37.3 Å². The smallest absolute Gasteiger partial charge is 0.254 e. The summed E-state index contributed by atoms with van der Waals surface area (Å²) in [5.41, 5.74) is 2.21. The lowest BCUT2D eigenvalue weighted by molar-refractivity contribution is 0.0506. The van der Waals surface area contributed by atoms with E-state index in [1.165, 1.54) is 6.07 Å². The second-order valence-electron chi connectivity index (χ2n) is 7.06. The highest BCUT2D eigenvalue weighted by Gasteiger charge is 2.25. The van der Waals surface area contributed by atoms with Crippen molar-refractivity contribution in [3.8, 4) is 0 Å². The van der Waals surface area contributed by atoms with Crippen LogP contribution in [0.1, 0.15) is 34.3 Å². The molecule has 1 aliphatic heterocycles. The van der Waals surface area contributed by atoms with Crippen molar-refractivity contribution in [2.24, 2.45) is 0 Å². The minimum Gasteiger partial charge on any atom is -0.376 e. The standard InChI is InChI=1S/C21H25NO4S/c1-16-10-11-19(27(2,24)25)13-20(16)21(23)22(15-18-9-6-12-26-18)14-17-7-4-3-5-8-17/h3-5,7-8,10-11,13,18H,6,9,12,14-15H2,1-2H3. The Bertz CT molecular complexity index is 903. The van der Waals surface area contributed by atoms with Crippen molar-refractivity contribution in [1.29, 1.82) is 0 Å². The molecule has 2 aromatic rings. The quantitative estimate of drug-likeness (QED) is 0.763. The summed E-state index contributed by atoms with van der Waals surface area (Å²) in [5.74, 6) is -0.169. The van der Waals surface area contributed by atoms with Crippen LogP contribution in [-0.4, -0.2) is 44.7 Å². The van der Waals surface area contributed by atoms with Gasteiger partial charge < -0.3 is 9.64 Å². The third-order valence-corrected chi connectivity index (χ3v) is 5.93. The lowest BCUT2D eigenvalue weighted by atomic mass is 10.1. The van der Waals surface area contributed by atoms with Gasteiger partial charge in [0.15, 0.2) is 9.84 Å². The molecular formula is C21H25NO4S. The second-order valence-corrected chi connectivity index (χ2v) is 9.07. The first-order valence-electron chi connectivity index (χ1n) is 9.10. The summed E-state index contributed by atoms with van der Waals surface area (Å²) < 4.78 is 29.6. The zero-order chi connectivity index (χ0) is 19.4. The Morgan fingerprint density at radius 2 is 1.93 bits per heavy atom. The molecule has 0 aliphatic carbocycles. The van der Waals surface area contributed by atoms with Gasteiger partial charge in [-0.05, 0) is 43.0 Å². The maximum atomic E-state index is 13.3. The van der Waals surface area contributed by atoms with E-state index in [4.69, 9.17) is 4.74 Å². The van der Waals surface area contributed by atoms with Gasteiger partial charge in [-0.15, -0.1) is 0 Å². The van der Waals surface area contributed by atoms with E-state index in [-0.39, 0.29) is 16.9 Å². The molecule has 1 heterocycles. The van der Waals surface area contributed by atoms with Gasteiger partial charge >= 0.3 is 0 Å². The van der Waals surface area contributed by atoms with Crippen LogP contribution in [0.15, 0.2) is 53.4 Å². The van der Waals surface area contributed by atoms with Crippen molar-refractivity contribution >= 4 is 15.7 Å². The van der Waals surface area contributed by atoms with Gasteiger partial charge in [0.25, 0.3) is 5.91 Å². The number of ether oxygens (including phenoxy) is 1. The van der Waals surface area contributed by atoms with Gasteiger partial charge in [-0.3, -0.25) is 4.79 Å². The Hall–Kier alpha value is -2.18. The van der Waals surface area contributed by atoms with E-state index >= 15 is 0 Å². The Balaban J connectivity index is 1.92. The average molecular weight is 388 g/mol. The van der Waals surface area contributed by atoms with Gasteiger partial charge in [0, 0.05) is 31.5 Å². The molecule has 0 saturated carbocycles. The van der Waals surface area contributed by atoms with Gasteiger partial charge in [0.05, 0.1) is 11.0 Å². The van der Waals surface area contributed by atoms with Crippen molar-refractivity contribution < 1.29 is 17.9 Å². The zero-order valence-corrected chi connectivity index (χ0v) is 16.5. The predicted molar refractivity (Wildman–Crippen MR) is 104 cm³/mol. The van der Waals surface area contributed by atoms with Gasteiger partial charge in [0.1, 0.15) is 0 Å². The maximum Gasteiger partial charge on any atom is 0.254 e. The van der Waals surface area contributed by atoms with E-state index in [9.17, 15) is 13.2 Å². The number of hydrogen-bond donors (Lipinski definition) is 0. The van der Waals surface area contributed by atoms with E-state index in [0.29, 0.717) is 18.7 Å². The highest BCUT2D eigenvalue weighted by Crippen LogP contribution is 2.21. The molecule has 1 saturated heterocycles. The van der Waals surface area contributed by atoms with Crippen LogP contribution >= 0.6 is 0 Å². The maximum absolute atomic E-state index is 13.3. The van der Waals surface area contributed by atoms with E-state index in [0.717, 1.165) is 36.8 Å². The number of rotatable bonds is 6. The molecule has 0 spiro atoms. The van der Waals surface area contributed by atoms with Crippen LogP contribution in [0.3, 0.4) is 0 Å². The summed E-state index contributed by atoms with van der Waals surface area (Å²) in [5, 5.41) is 0. The summed E-state index contributed by atoms with van der Waals surface area (Å²) in [4.78, 5) is 15.2. The van der Waals surface area contributed by atoms with Gasteiger partial charge in [-0.1, -0.05) is 36.4 Å². The fourth-order valence-corrected chi connectivity index (χ4v) is 3.94. The van der Waals surface area contributed by atoms with Crippen LogP contribution in [0.2, 0.25) is 0 Å². The topological polar surface area (TPSA) is 63.7 Å². The fraction of sp³-hybridized carbons (Fsp3) is 0.381. The number of sulfone groups is 1. The third-order valence-electron chi connectivity index (χ3n) is 4.82. The van der Waals surface area contributed by atoms with Crippen molar-refractivity contribution in [1.82, 2.24) is 4.90 Å². The average Bonchev–Trinajstić information content (AvgIpc) is 3.14. The highest BCUT2D eigenvalue weighted by atomic mass is 32.2. The molecule has 0 aromatic heterocycles. The van der Waals surface area contributed by atoms with Crippen LogP contribution in [0.25, 0.3) is 0 Å². The summed E-state index contributed by atoms with van der Waals surface area (Å²) >= 11 is 0. The Morgan fingerprint density at radius 1 is 1.19 bits per heavy atom. The molecule has 5 nitrogen and oxygen atoms in total. The van der Waals surface area contributed by atoms with Crippen LogP contribution in [0.5, 0.6) is 0 Å². The summed E-state index contributed by atoms with van der Waals surface area (Å²) in [7, 11) is -3.38. The largest absolute Gasteiger partial charge is 0.376 e. The number of amides is 1. The minimum atomic E-state index is -3.38. The first kappa shape index (κ1) is 19.6. The normalized spacial score (nSPS) is 17.0. The van der Waals surface area contributed by atoms with E-state index in [1.807, 2.05) is 37.3 Å². The second kappa shape index (κ2) is 8.23. The van der Waals surface area contributed by atoms with Gasteiger partial charge in [0.2, 0.25) is 0 Å². The van der Waals surface area contributed by atoms with Gasteiger partial charge in [-0.25, -0.2) is 8.42 Å². The summed E-state index contributed by atoms with van der Waals surface area (Å²) in [6, 6.07) is 14.5. The van der Waals surface area contributed by atoms with Crippen molar-refractivity contribution in [2.75, 3.05) is 19.4 Å². The molecule has 3 rings (SSSR count). The number of carbonyl (C=O) groups is 1. The molecular weight excluding hydrogens is 362 g/mol. The van der Waals surface area contributed by atoms with E-state index < -0.39 is 9.84 Å². The molecule has 27 heavy (non-hydrogen) atoms. The molecule has 1 aliphatic rings. The number of carbonyl (C=O) groups excluding carboxylic acids is 1. The first-order chi connectivity index (χ1) is 12.8. The zero-order valence-electron chi connectivity index (χ0n) is 15.7. The van der Waals surface area contributed by atoms with Crippen LogP contribution in [-0.2, 0) is 21.1 Å². The van der Waals surface area contributed by atoms with E-state index in [2.05, 4.69) is 0 Å². The molecule has 1 fully saturated rings. The number of benzene rings is 2. The molecule has 1 atom stereocenters. The summed E-state index contributed by atoms with van der Waals surface area (Å²) in [6.07, 6.45) is 3.11. The van der Waals surface area contributed by atoms with Crippen LogP contribution in [0.4, 0.5) is 0 Å². The third kappa shape index (κ3) is 4.96. The van der Waals surface area contributed by atoms with Crippen molar-refractivity contribution in [3.63, 3.8) is 0 Å². The Labute approximate surface area is 160 Å². The van der Waals surface area contributed by atoms with E-state index in [1.54, 1.807) is 17.0 Å². The molecule has 6 heteroatoms. The van der Waals surface area contributed by atoms with Gasteiger partial charge in [-0.2, -0.15) is 0 Å². The SMILES string of the molecule is Cc1ccc(S(C)(=O)=O)cc1C(=O)N(Cc1ccccc1)CC1CCCO1. The summed E-state index contributed by atoms with van der Waals surface area (Å²) in [6.45, 7) is 3.50. The Kier molecular flexibility index (Phi) is 5.97. The molecule has 0 bridgehead atoms. The van der Waals surface area contributed by atoms with Crippen LogP contribution < -0.4 is 0 Å². The number of aryl methyl sites for hydroxylation is 1. The first-order valence-corrected chi connectivity index (χ1v) is 11.0. The molecule has 1 amide bonds. The van der Waals surface area contributed by atoms with Crippen molar-refractivity contribution in [3.05, 3.63) is 65.2 Å². The molecule has 2 aromatic carbocycles. The molecule has 0 radical (unpaired) electrons. The highest BCUT2D eigenvalue weighted by molar-refractivity contribution is 7.90. The van der Waals surface area contributed by atoms with Crippen LogP contribution in [0, 0.1) is 6.92 Å². The molecule has 0 N–H and O–H groups in total. The minimum absolute atomic E-state index is 0.0241. The molecule has 1 unspecified atom stereocenters. The Morgan fingerprint density at radius 3 is 2.56 bits per heavy atom. The lowest BCUT2D eigenvalue weighted by Crippen LogP contribution is -2.37. The molecule has 144 valence electrons. The monoisotopic (exact) mass is 387 g/mol.